The van der Waals surface area contributed by atoms with E-state index in [-0.39, 0.29) is 5.78 Å². The Bertz CT molecular complexity index is 586. The van der Waals surface area contributed by atoms with Gasteiger partial charge in [-0.1, -0.05) is 0 Å². The summed E-state index contributed by atoms with van der Waals surface area (Å²) < 4.78 is 2.23. The molecule has 0 spiro atoms. The lowest BCUT2D eigenvalue weighted by molar-refractivity contribution is 0.0993. The van der Waals surface area contributed by atoms with Crippen molar-refractivity contribution in [2.75, 3.05) is 13.6 Å². The SMILES string of the molecule is CNCC(=O)c1ccc2nc3n(c2c1)CCC3. The molecule has 1 aliphatic rings. The van der Waals surface area contributed by atoms with Crippen LogP contribution in [0.25, 0.3) is 11.0 Å². The molecule has 1 N–H and O–H groups in total. The van der Waals surface area contributed by atoms with Crippen LogP contribution in [0.15, 0.2) is 18.2 Å². The first-order valence-electron chi connectivity index (χ1n) is 5.96. The third-order valence-electron chi connectivity index (χ3n) is 3.27. The van der Waals surface area contributed by atoms with E-state index >= 15 is 0 Å². The monoisotopic (exact) mass is 229 g/mol. The van der Waals surface area contributed by atoms with Crippen LogP contribution in [-0.4, -0.2) is 28.9 Å². The Kier molecular flexibility index (Phi) is 2.44. The maximum Gasteiger partial charge on any atom is 0.176 e. The third-order valence-corrected chi connectivity index (χ3v) is 3.27. The van der Waals surface area contributed by atoms with Crippen LogP contribution in [0.1, 0.15) is 22.6 Å². The molecule has 4 heteroatoms. The van der Waals surface area contributed by atoms with Gasteiger partial charge >= 0.3 is 0 Å². The van der Waals surface area contributed by atoms with E-state index < -0.39 is 0 Å². The molecule has 2 aromatic rings. The fourth-order valence-electron chi connectivity index (χ4n) is 2.44. The van der Waals surface area contributed by atoms with Crippen LogP contribution in [0.5, 0.6) is 0 Å². The highest BCUT2D eigenvalue weighted by molar-refractivity contribution is 6.00. The van der Waals surface area contributed by atoms with Gasteiger partial charge < -0.3 is 9.88 Å². The quantitative estimate of drug-likeness (QED) is 0.809. The van der Waals surface area contributed by atoms with E-state index in [0.717, 1.165) is 41.8 Å². The second kappa shape index (κ2) is 3.96. The Balaban J connectivity index is 2.09. The average molecular weight is 229 g/mol. The number of nitrogens with one attached hydrogen (secondary N) is 1. The number of Topliss-reactive ketones (excluding diaryl/α,β-unsaturated/α-hetero) is 1. The number of aryl methyl sites for hydroxylation is 2. The molecule has 0 bridgehead atoms. The van der Waals surface area contributed by atoms with Crippen LogP contribution in [0.4, 0.5) is 0 Å². The minimum atomic E-state index is 0.128. The number of hydrogen-bond acceptors (Lipinski definition) is 3. The van der Waals surface area contributed by atoms with Gasteiger partial charge in [0, 0.05) is 18.5 Å². The molecule has 0 saturated carbocycles. The number of benzene rings is 1. The van der Waals surface area contributed by atoms with Gasteiger partial charge in [-0.15, -0.1) is 0 Å². The lowest BCUT2D eigenvalue weighted by Gasteiger charge is -2.02. The fraction of sp³-hybridized carbons (Fsp3) is 0.385. The number of likely N-dealkylation sites (N-methyl/N-ethyl adjacent to an activating group) is 1. The van der Waals surface area contributed by atoms with Crippen LogP contribution in [0.3, 0.4) is 0 Å². The summed E-state index contributed by atoms with van der Waals surface area (Å²) in [6.07, 6.45) is 2.21. The van der Waals surface area contributed by atoms with Gasteiger partial charge in [-0.2, -0.15) is 0 Å². The first-order chi connectivity index (χ1) is 8.29. The summed E-state index contributed by atoms with van der Waals surface area (Å²) in [6.45, 7) is 1.40. The van der Waals surface area contributed by atoms with Gasteiger partial charge in [-0.3, -0.25) is 4.79 Å². The molecule has 1 aliphatic heterocycles. The molecular formula is C13H15N3O. The largest absolute Gasteiger partial charge is 0.328 e. The van der Waals surface area contributed by atoms with Crippen molar-refractivity contribution in [2.45, 2.75) is 19.4 Å². The van der Waals surface area contributed by atoms with E-state index in [1.807, 2.05) is 18.2 Å². The van der Waals surface area contributed by atoms with Crippen molar-refractivity contribution >= 4 is 16.8 Å². The summed E-state index contributed by atoms with van der Waals surface area (Å²) in [4.78, 5) is 16.4. The zero-order valence-electron chi connectivity index (χ0n) is 9.86. The summed E-state index contributed by atoms with van der Waals surface area (Å²) >= 11 is 0. The van der Waals surface area contributed by atoms with Gasteiger partial charge in [0.1, 0.15) is 5.82 Å². The number of fused-ring (bicyclic) bond motifs is 3. The normalized spacial score (nSPS) is 14.2. The Morgan fingerprint density at radius 2 is 2.41 bits per heavy atom. The summed E-state index contributed by atoms with van der Waals surface area (Å²) in [6, 6.07) is 5.78. The Hall–Kier alpha value is -1.68. The standard InChI is InChI=1S/C13H15N3O/c1-14-8-12(17)9-4-5-10-11(7-9)16-6-2-3-13(16)15-10/h4-5,7,14H,2-3,6,8H2,1H3. The highest BCUT2D eigenvalue weighted by Gasteiger charge is 2.17. The highest BCUT2D eigenvalue weighted by atomic mass is 16.1. The lowest BCUT2D eigenvalue weighted by Crippen LogP contribution is -2.18. The first-order valence-corrected chi connectivity index (χ1v) is 5.96. The highest BCUT2D eigenvalue weighted by Crippen LogP contribution is 2.23. The summed E-state index contributed by atoms with van der Waals surface area (Å²) in [7, 11) is 1.78. The van der Waals surface area contributed by atoms with Gasteiger partial charge in [0.05, 0.1) is 17.6 Å². The van der Waals surface area contributed by atoms with E-state index in [1.165, 1.54) is 0 Å². The third kappa shape index (κ3) is 1.65. The smallest absolute Gasteiger partial charge is 0.176 e. The van der Waals surface area contributed by atoms with E-state index in [2.05, 4.69) is 14.9 Å². The predicted octanol–water partition coefficient (Wildman–Crippen LogP) is 1.38. The number of hydrogen-bond donors (Lipinski definition) is 1. The molecule has 1 aromatic carbocycles. The number of carbonyl (C=O) groups is 1. The summed E-state index contributed by atoms with van der Waals surface area (Å²) in [5.74, 6) is 1.28. The van der Waals surface area contributed by atoms with Crippen LogP contribution in [0.2, 0.25) is 0 Å². The van der Waals surface area contributed by atoms with Gasteiger partial charge in [0.15, 0.2) is 5.78 Å². The van der Waals surface area contributed by atoms with Crippen LogP contribution >= 0.6 is 0 Å². The van der Waals surface area contributed by atoms with Crippen molar-refractivity contribution in [3.8, 4) is 0 Å². The molecule has 3 rings (SSSR count). The minimum Gasteiger partial charge on any atom is -0.328 e. The van der Waals surface area contributed by atoms with Crippen molar-refractivity contribution in [3.05, 3.63) is 29.6 Å². The average Bonchev–Trinajstić information content (AvgIpc) is 2.88. The van der Waals surface area contributed by atoms with E-state index in [0.29, 0.717) is 6.54 Å². The Morgan fingerprint density at radius 1 is 1.53 bits per heavy atom. The molecule has 0 atom stereocenters. The predicted molar refractivity (Wildman–Crippen MR) is 66.3 cm³/mol. The zero-order chi connectivity index (χ0) is 11.8. The maximum atomic E-state index is 11.8. The van der Waals surface area contributed by atoms with Gasteiger partial charge in [-0.25, -0.2) is 4.98 Å². The van der Waals surface area contributed by atoms with Crippen LogP contribution < -0.4 is 5.32 Å². The molecular weight excluding hydrogens is 214 g/mol. The second-order valence-electron chi connectivity index (χ2n) is 4.44. The van der Waals surface area contributed by atoms with Gasteiger partial charge in [0.2, 0.25) is 0 Å². The number of carbonyl (C=O) groups excluding carboxylic acids is 1. The van der Waals surface area contributed by atoms with Crippen molar-refractivity contribution in [2.24, 2.45) is 0 Å². The maximum absolute atomic E-state index is 11.8. The molecule has 0 radical (unpaired) electrons. The zero-order valence-corrected chi connectivity index (χ0v) is 9.86. The van der Waals surface area contributed by atoms with Gasteiger partial charge in [0.25, 0.3) is 0 Å². The second-order valence-corrected chi connectivity index (χ2v) is 4.44. The van der Waals surface area contributed by atoms with Crippen LogP contribution in [-0.2, 0) is 13.0 Å². The summed E-state index contributed by atoms with van der Waals surface area (Å²) in [5, 5.41) is 2.89. The molecule has 4 nitrogen and oxygen atoms in total. The molecule has 88 valence electrons. The topological polar surface area (TPSA) is 46.9 Å². The molecule has 0 fully saturated rings. The van der Waals surface area contributed by atoms with E-state index in [1.54, 1.807) is 7.05 Å². The van der Waals surface area contributed by atoms with Crippen molar-refractivity contribution < 1.29 is 4.79 Å². The number of ketones is 1. The summed E-state index contributed by atoms with van der Waals surface area (Å²) in [5.41, 5.74) is 2.86. The lowest BCUT2D eigenvalue weighted by atomic mass is 10.1. The fourth-order valence-corrected chi connectivity index (χ4v) is 2.44. The number of nitrogens with zero attached hydrogens (tertiary/aromatic N) is 2. The van der Waals surface area contributed by atoms with Gasteiger partial charge in [-0.05, 0) is 31.7 Å². The van der Waals surface area contributed by atoms with Crippen molar-refractivity contribution in [3.63, 3.8) is 0 Å². The molecule has 0 amide bonds. The molecule has 0 aliphatic carbocycles. The number of rotatable bonds is 3. The van der Waals surface area contributed by atoms with Crippen LogP contribution in [0, 0.1) is 0 Å². The minimum absolute atomic E-state index is 0.128. The molecule has 17 heavy (non-hydrogen) atoms. The Morgan fingerprint density at radius 3 is 3.24 bits per heavy atom. The van der Waals surface area contributed by atoms with E-state index in [9.17, 15) is 4.79 Å². The van der Waals surface area contributed by atoms with Crippen molar-refractivity contribution in [1.82, 2.24) is 14.9 Å². The van der Waals surface area contributed by atoms with E-state index in [4.69, 9.17) is 0 Å². The number of imidazole rings is 1. The molecule has 1 aromatic heterocycles. The molecule has 0 saturated heterocycles. The Labute approximate surface area is 99.6 Å². The molecule has 2 heterocycles. The van der Waals surface area contributed by atoms with Crippen molar-refractivity contribution in [1.29, 1.82) is 0 Å². The first kappa shape index (κ1) is 10.5. The number of aromatic nitrogens is 2. The molecule has 0 unspecified atom stereocenters.